The van der Waals surface area contributed by atoms with Crippen molar-refractivity contribution in [2.45, 2.75) is 6.54 Å². The predicted molar refractivity (Wildman–Crippen MR) is 98.2 cm³/mol. The van der Waals surface area contributed by atoms with Crippen molar-refractivity contribution in [3.63, 3.8) is 0 Å². The van der Waals surface area contributed by atoms with Crippen LogP contribution in [0.15, 0.2) is 39.9 Å². The molecule has 142 valence electrons. The third kappa shape index (κ3) is 2.94. The van der Waals surface area contributed by atoms with Crippen molar-refractivity contribution >= 4 is 39.8 Å². The topological polar surface area (TPSA) is 155 Å². The second-order valence-corrected chi connectivity index (χ2v) is 5.99. The summed E-state index contributed by atoms with van der Waals surface area (Å²) in [5, 5.41) is 13.8. The lowest BCUT2D eigenvalue weighted by Crippen LogP contribution is -2.24. The van der Waals surface area contributed by atoms with Gasteiger partial charge in [0.05, 0.1) is 16.7 Å². The molecule has 0 spiro atoms. The molecular formula is C17H14N6O5. The molecule has 0 fully saturated rings. The second kappa shape index (κ2) is 6.54. The second-order valence-electron chi connectivity index (χ2n) is 5.99. The number of aromatic nitrogens is 4. The standard InChI is InChI=1S/C17H14N6O5/c1-23-10-4-8(2-3-11(10)28-17(23)27)5-19-15(24)14-13-12(20-7-21-14)9(6-18-13)22-16(25)26/h2-4,6-7,18,22H,5H2,1H3,(H,19,24)(H,25,26). The van der Waals surface area contributed by atoms with Crippen molar-refractivity contribution in [2.75, 3.05) is 5.32 Å². The van der Waals surface area contributed by atoms with Crippen LogP contribution in [0.5, 0.6) is 0 Å². The molecule has 0 atom stereocenters. The number of carbonyl (C=O) groups is 2. The normalized spacial score (nSPS) is 11.0. The zero-order valence-electron chi connectivity index (χ0n) is 14.5. The van der Waals surface area contributed by atoms with Crippen LogP contribution in [0.25, 0.3) is 22.1 Å². The van der Waals surface area contributed by atoms with Gasteiger partial charge in [0.15, 0.2) is 11.3 Å². The molecule has 11 heteroatoms. The molecule has 0 radical (unpaired) electrons. The number of rotatable bonds is 4. The highest BCUT2D eigenvalue weighted by molar-refractivity contribution is 6.07. The maximum absolute atomic E-state index is 12.6. The SMILES string of the molecule is Cn1c(=O)oc2ccc(CNC(=O)c3ncnc4c(NC(=O)O)c[nH]c34)cc21. The number of H-pyrrole nitrogens is 1. The fourth-order valence-corrected chi connectivity index (χ4v) is 2.87. The van der Waals surface area contributed by atoms with E-state index in [1.165, 1.54) is 17.1 Å². The molecule has 4 N–H and O–H groups in total. The third-order valence-electron chi connectivity index (χ3n) is 4.23. The number of nitrogens with one attached hydrogen (secondary N) is 3. The Labute approximate surface area is 156 Å². The van der Waals surface area contributed by atoms with Gasteiger partial charge in [-0.2, -0.15) is 0 Å². The zero-order valence-corrected chi connectivity index (χ0v) is 14.5. The molecular weight excluding hydrogens is 368 g/mol. The van der Waals surface area contributed by atoms with Crippen LogP contribution in [0, 0.1) is 0 Å². The Balaban J connectivity index is 1.57. The van der Waals surface area contributed by atoms with Gasteiger partial charge in [0.1, 0.15) is 11.8 Å². The van der Waals surface area contributed by atoms with E-state index >= 15 is 0 Å². The molecule has 11 nitrogen and oxygen atoms in total. The Morgan fingerprint density at radius 1 is 1.32 bits per heavy atom. The number of hydrogen-bond acceptors (Lipinski definition) is 6. The van der Waals surface area contributed by atoms with E-state index in [1.54, 1.807) is 25.2 Å². The number of oxazole rings is 1. The molecule has 0 aliphatic carbocycles. The lowest BCUT2D eigenvalue weighted by atomic mass is 10.2. The molecule has 3 aromatic heterocycles. The first-order valence-corrected chi connectivity index (χ1v) is 8.12. The Kier molecular flexibility index (Phi) is 4.03. The summed E-state index contributed by atoms with van der Waals surface area (Å²) in [7, 11) is 1.60. The Hall–Kier alpha value is -4.15. The van der Waals surface area contributed by atoms with Crippen LogP contribution in [-0.2, 0) is 13.6 Å². The number of aromatic amines is 1. The van der Waals surface area contributed by atoms with Crippen LogP contribution in [0.4, 0.5) is 10.5 Å². The molecule has 0 bridgehead atoms. The van der Waals surface area contributed by atoms with E-state index < -0.39 is 17.8 Å². The van der Waals surface area contributed by atoms with Gasteiger partial charge in [0.2, 0.25) is 0 Å². The van der Waals surface area contributed by atoms with E-state index in [9.17, 15) is 14.4 Å². The molecule has 1 aromatic carbocycles. The van der Waals surface area contributed by atoms with Gasteiger partial charge < -0.3 is 19.8 Å². The van der Waals surface area contributed by atoms with Gasteiger partial charge in [-0.05, 0) is 17.7 Å². The highest BCUT2D eigenvalue weighted by atomic mass is 16.4. The average molecular weight is 382 g/mol. The number of carboxylic acid groups (broad SMARTS) is 1. The van der Waals surface area contributed by atoms with Crippen LogP contribution in [0.2, 0.25) is 0 Å². The minimum Gasteiger partial charge on any atom is -0.465 e. The van der Waals surface area contributed by atoms with Gasteiger partial charge >= 0.3 is 11.8 Å². The van der Waals surface area contributed by atoms with Crippen LogP contribution >= 0.6 is 0 Å². The molecule has 3 heterocycles. The van der Waals surface area contributed by atoms with E-state index in [-0.39, 0.29) is 23.4 Å². The van der Waals surface area contributed by atoms with Crippen LogP contribution in [0.3, 0.4) is 0 Å². The molecule has 0 aliphatic heterocycles. The molecule has 0 aliphatic rings. The highest BCUT2D eigenvalue weighted by Gasteiger charge is 2.17. The summed E-state index contributed by atoms with van der Waals surface area (Å²) in [5.41, 5.74) is 2.77. The summed E-state index contributed by atoms with van der Waals surface area (Å²) in [6.07, 6.45) is 1.35. The van der Waals surface area contributed by atoms with E-state index in [0.29, 0.717) is 16.6 Å². The third-order valence-corrected chi connectivity index (χ3v) is 4.23. The smallest absolute Gasteiger partial charge is 0.419 e. The Morgan fingerprint density at radius 2 is 2.14 bits per heavy atom. The molecule has 4 aromatic rings. The van der Waals surface area contributed by atoms with Crippen molar-refractivity contribution < 1.29 is 19.1 Å². The first-order valence-electron chi connectivity index (χ1n) is 8.12. The Morgan fingerprint density at radius 3 is 2.93 bits per heavy atom. The zero-order chi connectivity index (χ0) is 19.8. The van der Waals surface area contributed by atoms with E-state index in [1.807, 2.05) is 0 Å². The highest BCUT2D eigenvalue weighted by Crippen LogP contribution is 2.22. The lowest BCUT2D eigenvalue weighted by Gasteiger charge is -2.06. The first-order chi connectivity index (χ1) is 13.4. The number of hydrogen-bond donors (Lipinski definition) is 4. The molecule has 0 saturated carbocycles. The number of amides is 2. The molecule has 0 unspecified atom stereocenters. The maximum Gasteiger partial charge on any atom is 0.419 e. The van der Waals surface area contributed by atoms with Crippen molar-refractivity contribution in [1.29, 1.82) is 0 Å². The van der Waals surface area contributed by atoms with E-state index in [4.69, 9.17) is 9.52 Å². The van der Waals surface area contributed by atoms with E-state index in [0.717, 1.165) is 5.56 Å². The van der Waals surface area contributed by atoms with Gasteiger partial charge in [0.25, 0.3) is 5.91 Å². The monoisotopic (exact) mass is 382 g/mol. The van der Waals surface area contributed by atoms with E-state index in [2.05, 4.69) is 25.6 Å². The number of benzene rings is 1. The summed E-state index contributed by atoms with van der Waals surface area (Å²) < 4.78 is 6.46. The maximum atomic E-state index is 12.6. The van der Waals surface area contributed by atoms with Crippen LogP contribution in [-0.4, -0.2) is 36.6 Å². The minimum absolute atomic E-state index is 0.0835. The number of aryl methyl sites for hydroxylation is 1. The van der Waals surface area contributed by atoms with Crippen molar-refractivity contribution in [1.82, 2.24) is 24.8 Å². The number of nitrogens with zero attached hydrogens (tertiary/aromatic N) is 3. The molecule has 2 amide bonds. The lowest BCUT2D eigenvalue weighted by molar-refractivity contribution is 0.0947. The predicted octanol–water partition coefficient (Wildman–Crippen LogP) is 1.42. The van der Waals surface area contributed by atoms with Crippen molar-refractivity contribution in [3.05, 3.63) is 52.5 Å². The quantitative estimate of drug-likeness (QED) is 0.416. The van der Waals surface area contributed by atoms with Gasteiger partial charge in [-0.1, -0.05) is 6.07 Å². The van der Waals surface area contributed by atoms with Gasteiger partial charge in [0, 0.05) is 19.8 Å². The number of carbonyl (C=O) groups excluding carboxylic acids is 1. The fraction of sp³-hybridized carbons (Fsp3) is 0.118. The molecule has 4 rings (SSSR count). The van der Waals surface area contributed by atoms with Gasteiger partial charge in [-0.15, -0.1) is 0 Å². The Bertz CT molecular complexity index is 1280. The van der Waals surface area contributed by atoms with Gasteiger partial charge in [-0.25, -0.2) is 19.6 Å². The van der Waals surface area contributed by atoms with Crippen LogP contribution < -0.4 is 16.4 Å². The largest absolute Gasteiger partial charge is 0.465 e. The van der Waals surface area contributed by atoms with Crippen LogP contribution in [0.1, 0.15) is 16.1 Å². The average Bonchev–Trinajstić information content (AvgIpc) is 3.20. The number of fused-ring (bicyclic) bond motifs is 2. The summed E-state index contributed by atoms with van der Waals surface area (Å²) >= 11 is 0. The summed E-state index contributed by atoms with van der Waals surface area (Å²) in [6.45, 7) is 0.195. The fourth-order valence-electron chi connectivity index (χ4n) is 2.87. The molecule has 28 heavy (non-hydrogen) atoms. The van der Waals surface area contributed by atoms with Crippen molar-refractivity contribution in [2.24, 2.45) is 7.05 Å². The number of anilines is 1. The van der Waals surface area contributed by atoms with Crippen molar-refractivity contribution in [3.8, 4) is 0 Å². The first kappa shape index (κ1) is 17.3. The summed E-state index contributed by atoms with van der Waals surface area (Å²) in [5.74, 6) is -0.922. The summed E-state index contributed by atoms with van der Waals surface area (Å²) in [6, 6.07) is 5.15. The summed E-state index contributed by atoms with van der Waals surface area (Å²) in [4.78, 5) is 45.8. The minimum atomic E-state index is -1.24. The van der Waals surface area contributed by atoms with Gasteiger partial charge in [-0.3, -0.25) is 14.7 Å². The molecule has 0 saturated heterocycles.